The molecular weight excluding hydrogens is 480 g/mol. The second-order valence-corrected chi connectivity index (χ2v) is 10.8. The van der Waals surface area contributed by atoms with Crippen molar-refractivity contribution in [1.29, 1.82) is 0 Å². The van der Waals surface area contributed by atoms with Gasteiger partial charge in [-0.25, -0.2) is 8.78 Å². The van der Waals surface area contributed by atoms with Crippen LogP contribution in [0.1, 0.15) is 94.1 Å². The van der Waals surface area contributed by atoms with E-state index in [0.29, 0.717) is 36.3 Å². The molecule has 0 aromatic heterocycles. The Hall–Kier alpha value is -2.50. The lowest BCUT2D eigenvalue weighted by atomic mass is 9.76. The highest BCUT2D eigenvalue weighted by Crippen LogP contribution is 2.41. The largest absolute Gasteiger partial charge is 0.490 e. The van der Waals surface area contributed by atoms with Gasteiger partial charge in [0.05, 0.1) is 13.2 Å². The second kappa shape index (κ2) is 12.8. The summed E-state index contributed by atoms with van der Waals surface area (Å²) in [5, 5.41) is 0. The molecule has 2 aromatic rings. The molecule has 2 saturated carbocycles. The van der Waals surface area contributed by atoms with Crippen molar-refractivity contribution in [2.24, 2.45) is 11.8 Å². The van der Waals surface area contributed by atoms with Crippen LogP contribution in [0.5, 0.6) is 11.5 Å². The predicted molar refractivity (Wildman–Crippen MR) is 138 cm³/mol. The number of rotatable bonds is 10. The van der Waals surface area contributed by atoms with Crippen LogP contribution in [0.3, 0.4) is 0 Å². The Kier molecular flexibility index (Phi) is 9.55. The first-order chi connectivity index (χ1) is 17.9. The van der Waals surface area contributed by atoms with Gasteiger partial charge in [-0.3, -0.25) is 0 Å². The first kappa shape index (κ1) is 27.5. The van der Waals surface area contributed by atoms with E-state index in [0.717, 1.165) is 44.9 Å². The fraction of sp³-hybridized carbons (Fsp3) is 0.548. The number of allylic oxidation sites excluding steroid dienone is 1. The molecule has 0 unspecified atom stereocenters. The van der Waals surface area contributed by atoms with Gasteiger partial charge in [0, 0.05) is 0 Å². The van der Waals surface area contributed by atoms with E-state index in [1.807, 2.05) is 0 Å². The third-order valence-electron chi connectivity index (χ3n) is 8.18. The third kappa shape index (κ3) is 6.69. The first-order valence-electron chi connectivity index (χ1n) is 13.7. The van der Waals surface area contributed by atoms with Gasteiger partial charge in [0.2, 0.25) is 11.6 Å². The lowest BCUT2D eigenvalue weighted by molar-refractivity contribution is 0.190. The van der Waals surface area contributed by atoms with Crippen molar-refractivity contribution in [3.8, 4) is 11.5 Å². The smallest absolute Gasteiger partial charge is 0.204 e. The van der Waals surface area contributed by atoms with Crippen LogP contribution in [0.15, 0.2) is 36.9 Å². The number of hydrogen-bond acceptors (Lipinski definition) is 2. The standard InChI is InChI=1S/C31H38F4O2/c1-3-4-5-18-36-26-16-17-27(31(35)30(26)34)37-19-21-8-12-23(13-9-21)25-15-14-24(28(32)29(25)33)22-10-6-20(2)7-11-22/h3,14-17,20-23H,1,4-13,18-19H2,2H3. The van der Waals surface area contributed by atoms with Gasteiger partial charge in [-0.2, -0.15) is 8.78 Å². The first-order valence-corrected chi connectivity index (χ1v) is 13.7. The molecule has 0 spiro atoms. The zero-order valence-electron chi connectivity index (χ0n) is 21.7. The summed E-state index contributed by atoms with van der Waals surface area (Å²) in [6.07, 6.45) is 10.0. The SMILES string of the molecule is C=CCCCOc1ccc(OCC2CCC(c3ccc(C4CCC(C)CC4)c(F)c3F)CC2)c(F)c1F. The van der Waals surface area contributed by atoms with E-state index in [4.69, 9.17) is 9.47 Å². The second-order valence-electron chi connectivity index (χ2n) is 10.8. The normalized spacial score (nSPS) is 24.0. The van der Waals surface area contributed by atoms with Crippen LogP contribution in [0.25, 0.3) is 0 Å². The Morgan fingerprint density at radius 1 is 0.730 bits per heavy atom. The minimum atomic E-state index is -1.06. The van der Waals surface area contributed by atoms with Crippen molar-refractivity contribution in [1.82, 2.24) is 0 Å². The maximum atomic E-state index is 15.1. The molecule has 2 aliphatic carbocycles. The summed E-state index contributed by atoms with van der Waals surface area (Å²) >= 11 is 0. The van der Waals surface area contributed by atoms with Crippen molar-refractivity contribution in [2.75, 3.05) is 13.2 Å². The monoisotopic (exact) mass is 518 g/mol. The molecule has 37 heavy (non-hydrogen) atoms. The van der Waals surface area contributed by atoms with E-state index in [1.54, 1.807) is 18.2 Å². The van der Waals surface area contributed by atoms with Crippen molar-refractivity contribution in [2.45, 2.75) is 83.0 Å². The minimum Gasteiger partial charge on any atom is -0.490 e. The highest BCUT2D eigenvalue weighted by molar-refractivity contribution is 5.35. The molecule has 2 nitrogen and oxygen atoms in total. The molecule has 0 amide bonds. The van der Waals surface area contributed by atoms with Crippen LogP contribution in [0.4, 0.5) is 17.6 Å². The summed E-state index contributed by atoms with van der Waals surface area (Å²) in [6, 6.07) is 6.35. The molecular formula is C31H38F4O2. The fourth-order valence-electron chi connectivity index (χ4n) is 5.78. The van der Waals surface area contributed by atoms with Gasteiger partial charge in [-0.05, 0) is 98.3 Å². The van der Waals surface area contributed by atoms with E-state index < -0.39 is 23.3 Å². The zero-order valence-corrected chi connectivity index (χ0v) is 21.7. The van der Waals surface area contributed by atoms with Gasteiger partial charge < -0.3 is 9.47 Å². The Morgan fingerprint density at radius 3 is 1.78 bits per heavy atom. The van der Waals surface area contributed by atoms with Crippen LogP contribution >= 0.6 is 0 Å². The summed E-state index contributed by atoms with van der Waals surface area (Å²) in [5.41, 5.74) is 0.985. The minimum absolute atomic E-state index is 0.0436. The number of unbranched alkanes of at least 4 members (excludes halogenated alkanes) is 1. The average Bonchev–Trinajstić information content (AvgIpc) is 2.91. The van der Waals surface area contributed by atoms with E-state index in [2.05, 4.69) is 13.5 Å². The lowest BCUT2D eigenvalue weighted by Gasteiger charge is -2.30. The molecule has 202 valence electrons. The predicted octanol–water partition coefficient (Wildman–Crippen LogP) is 9.23. The maximum Gasteiger partial charge on any atom is 0.204 e. The van der Waals surface area contributed by atoms with Gasteiger partial charge in [-0.1, -0.05) is 38.0 Å². The summed E-state index contributed by atoms with van der Waals surface area (Å²) < 4.78 is 69.8. The van der Waals surface area contributed by atoms with Gasteiger partial charge in [-0.15, -0.1) is 6.58 Å². The van der Waals surface area contributed by atoms with Crippen molar-refractivity contribution in [3.63, 3.8) is 0 Å². The average molecular weight is 519 g/mol. The molecule has 2 aliphatic rings. The fourth-order valence-corrected chi connectivity index (χ4v) is 5.78. The highest BCUT2D eigenvalue weighted by atomic mass is 19.2. The van der Waals surface area contributed by atoms with E-state index >= 15 is 8.78 Å². The van der Waals surface area contributed by atoms with Crippen LogP contribution < -0.4 is 9.47 Å². The Balaban J connectivity index is 1.29. The zero-order chi connectivity index (χ0) is 26.4. The van der Waals surface area contributed by atoms with Crippen LogP contribution in [0, 0.1) is 35.1 Å². The van der Waals surface area contributed by atoms with Crippen LogP contribution in [-0.2, 0) is 0 Å². The van der Waals surface area contributed by atoms with Crippen molar-refractivity contribution in [3.05, 3.63) is 71.3 Å². The molecule has 4 rings (SSSR count). The van der Waals surface area contributed by atoms with Crippen LogP contribution in [0.2, 0.25) is 0 Å². The van der Waals surface area contributed by atoms with Gasteiger partial charge in [0.1, 0.15) is 0 Å². The number of halogens is 4. The Morgan fingerprint density at radius 2 is 1.24 bits per heavy atom. The van der Waals surface area contributed by atoms with Gasteiger partial charge >= 0.3 is 0 Å². The Labute approximate surface area is 218 Å². The van der Waals surface area contributed by atoms with E-state index in [9.17, 15) is 8.78 Å². The van der Waals surface area contributed by atoms with Gasteiger partial charge in [0.25, 0.3) is 0 Å². The molecule has 0 bridgehead atoms. The summed E-state index contributed by atoms with van der Waals surface area (Å²) in [6.45, 7) is 6.36. The quantitative estimate of drug-likeness (QED) is 0.177. The van der Waals surface area contributed by atoms with Crippen LogP contribution in [-0.4, -0.2) is 13.2 Å². The van der Waals surface area contributed by atoms with E-state index in [1.165, 1.54) is 12.1 Å². The number of hydrogen-bond donors (Lipinski definition) is 0. The van der Waals surface area contributed by atoms with Gasteiger partial charge in [0.15, 0.2) is 23.1 Å². The summed E-state index contributed by atoms with van der Waals surface area (Å²) in [5.74, 6) is -2.88. The molecule has 6 heteroatoms. The molecule has 2 aromatic carbocycles. The lowest BCUT2D eigenvalue weighted by Crippen LogP contribution is -2.21. The number of ether oxygens (including phenoxy) is 2. The molecule has 0 heterocycles. The molecule has 0 atom stereocenters. The molecule has 0 aliphatic heterocycles. The molecule has 0 saturated heterocycles. The molecule has 2 fully saturated rings. The Bertz CT molecular complexity index is 1050. The summed E-state index contributed by atoms with van der Waals surface area (Å²) in [4.78, 5) is 0. The highest BCUT2D eigenvalue weighted by Gasteiger charge is 2.29. The molecule has 0 N–H and O–H groups in total. The maximum absolute atomic E-state index is 15.1. The third-order valence-corrected chi connectivity index (χ3v) is 8.18. The van der Waals surface area contributed by atoms with E-state index in [-0.39, 0.29) is 42.5 Å². The topological polar surface area (TPSA) is 18.5 Å². The van der Waals surface area contributed by atoms with Crippen molar-refractivity contribution >= 4 is 0 Å². The summed E-state index contributed by atoms with van der Waals surface area (Å²) in [7, 11) is 0. The number of benzene rings is 2. The van der Waals surface area contributed by atoms with Crippen molar-refractivity contribution < 1.29 is 27.0 Å². The molecule has 0 radical (unpaired) electrons.